The first-order valence-electron chi connectivity index (χ1n) is 8.90. The molecule has 2 N–H and O–H groups in total. The monoisotopic (exact) mass is 359 g/mol. The summed E-state index contributed by atoms with van der Waals surface area (Å²) in [7, 11) is 1.95. The van der Waals surface area contributed by atoms with Crippen molar-refractivity contribution in [1.82, 2.24) is 14.9 Å². The normalized spacial score (nSPS) is 11.2. The number of rotatable bonds is 3. The average Bonchev–Trinajstić information content (AvgIpc) is 2.91. The fraction of sp³-hybridized carbons (Fsp3) is 0.182. The Morgan fingerprint density at radius 1 is 1.11 bits per heavy atom. The first kappa shape index (κ1) is 17.1. The number of para-hydroxylation sites is 1. The van der Waals surface area contributed by atoms with Crippen molar-refractivity contribution in [3.63, 3.8) is 0 Å². The van der Waals surface area contributed by atoms with Crippen LogP contribution in [0, 0.1) is 13.8 Å². The third-order valence-corrected chi connectivity index (χ3v) is 5.14. The molecule has 1 amide bonds. The Morgan fingerprint density at radius 2 is 1.89 bits per heavy atom. The molecule has 0 bridgehead atoms. The lowest BCUT2D eigenvalue weighted by Crippen LogP contribution is -2.27. The van der Waals surface area contributed by atoms with Crippen LogP contribution in [0.25, 0.3) is 21.8 Å². The maximum atomic E-state index is 12.8. The van der Waals surface area contributed by atoms with Crippen LogP contribution in [0.5, 0.6) is 0 Å². The number of H-pyrrole nitrogens is 1. The fourth-order valence-electron chi connectivity index (χ4n) is 3.56. The lowest BCUT2D eigenvalue weighted by Gasteiger charge is -2.07. The second-order valence-electron chi connectivity index (χ2n) is 6.93. The van der Waals surface area contributed by atoms with E-state index in [1.165, 1.54) is 0 Å². The molecule has 0 fully saturated rings. The van der Waals surface area contributed by atoms with Gasteiger partial charge in [0, 0.05) is 41.3 Å². The molecule has 27 heavy (non-hydrogen) atoms. The Morgan fingerprint density at radius 3 is 2.70 bits per heavy atom. The Kier molecular flexibility index (Phi) is 4.07. The van der Waals surface area contributed by atoms with Crippen molar-refractivity contribution in [1.29, 1.82) is 0 Å². The summed E-state index contributed by atoms with van der Waals surface area (Å²) >= 11 is 0. The zero-order valence-corrected chi connectivity index (χ0v) is 15.6. The van der Waals surface area contributed by atoms with Crippen LogP contribution in [0.2, 0.25) is 0 Å². The van der Waals surface area contributed by atoms with E-state index in [-0.39, 0.29) is 18.0 Å². The molecule has 4 aromatic rings. The number of hydrogen-bond acceptors (Lipinski definition) is 2. The van der Waals surface area contributed by atoms with Gasteiger partial charge in [-0.05, 0) is 43.0 Å². The van der Waals surface area contributed by atoms with Gasteiger partial charge in [0.1, 0.15) is 0 Å². The SMILES string of the molecule is Cc1ccc2cc(CNC(=O)c3c(C)n(C)c4ccccc34)c(=O)[nH]c2c1. The van der Waals surface area contributed by atoms with E-state index in [2.05, 4.69) is 10.3 Å². The van der Waals surface area contributed by atoms with Gasteiger partial charge in [0.05, 0.1) is 5.56 Å². The van der Waals surface area contributed by atoms with Gasteiger partial charge in [-0.15, -0.1) is 0 Å². The van der Waals surface area contributed by atoms with Crippen LogP contribution < -0.4 is 10.9 Å². The van der Waals surface area contributed by atoms with E-state index >= 15 is 0 Å². The third-order valence-electron chi connectivity index (χ3n) is 5.14. The smallest absolute Gasteiger partial charge is 0.254 e. The maximum Gasteiger partial charge on any atom is 0.254 e. The number of benzene rings is 2. The number of carbonyl (C=O) groups is 1. The van der Waals surface area contributed by atoms with E-state index in [1.54, 1.807) is 0 Å². The molecule has 5 heteroatoms. The van der Waals surface area contributed by atoms with Crippen LogP contribution in [0.1, 0.15) is 27.2 Å². The highest BCUT2D eigenvalue weighted by molar-refractivity contribution is 6.08. The Labute approximate surface area is 156 Å². The lowest BCUT2D eigenvalue weighted by atomic mass is 10.1. The molecule has 0 aliphatic carbocycles. The number of amides is 1. The van der Waals surface area contributed by atoms with Crippen LogP contribution in [0.3, 0.4) is 0 Å². The molecule has 0 saturated heterocycles. The van der Waals surface area contributed by atoms with E-state index in [1.807, 2.05) is 74.0 Å². The van der Waals surface area contributed by atoms with Gasteiger partial charge >= 0.3 is 0 Å². The van der Waals surface area contributed by atoms with Gasteiger partial charge in [-0.1, -0.05) is 30.3 Å². The van der Waals surface area contributed by atoms with Crippen molar-refractivity contribution in [2.24, 2.45) is 7.05 Å². The second-order valence-corrected chi connectivity index (χ2v) is 6.93. The Balaban J connectivity index is 1.65. The summed E-state index contributed by atoms with van der Waals surface area (Å²) in [5.74, 6) is -0.173. The summed E-state index contributed by atoms with van der Waals surface area (Å²) in [6.45, 7) is 4.10. The molecular weight excluding hydrogens is 338 g/mol. The molecule has 0 aliphatic heterocycles. The van der Waals surface area contributed by atoms with Gasteiger partial charge in [0.2, 0.25) is 0 Å². The highest BCUT2D eigenvalue weighted by Gasteiger charge is 2.18. The lowest BCUT2D eigenvalue weighted by molar-refractivity contribution is 0.0951. The number of pyridine rings is 1. The van der Waals surface area contributed by atoms with Crippen molar-refractivity contribution in [2.45, 2.75) is 20.4 Å². The quantitative estimate of drug-likeness (QED) is 0.587. The number of hydrogen-bond donors (Lipinski definition) is 2. The number of aryl methyl sites for hydroxylation is 2. The summed E-state index contributed by atoms with van der Waals surface area (Å²) in [4.78, 5) is 28.1. The highest BCUT2D eigenvalue weighted by atomic mass is 16.2. The number of aromatic nitrogens is 2. The highest BCUT2D eigenvalue weighted by Crippen LogP contribution is 2.24. The second kappa shape index (κ2) is 6.43. The number of nitrogens with one attached hydrogen (secondary N) is 2. The topological polar surface area (TPSA) is 66.9 Å². The number of aromatic amines is 1. The number of fused-ring (bicyclic) bond motifs is 2. The molecule has 0 unspecified atom stereocenters. The summed E-state index contributed by atoms with van der Waals surface area (Å²) in [6, 6.07) is 15.6. The first-order valence-corrected chi connectivity index (χ1v) is 8.90. The molecule has 0 radical (unpaired) electrons. The molecule has 2 aromatic carbocycles. The van der Waals surface area contributed by atoms with E-state index < -0.39 is 0 Å². The van der Waals surface area contributed by atoms with Crippen molar-refractivity contribution >= 4 is 27.7 Å². The van der Waals surface area contributed by atoms with Gasteiger partial charge in [-0.3, -0.25) is 9.59 Å². The molecule has 0 atom stereocenters. The summed E-state index contributed by atoms with van der Waals surface area (Å²) < 4.78 is 2.01. The minimum Gasteiger partial charge on any atom is -0.348 e. The van der Waals surface area contributed by atoms with E-state index in [0.717, 1.165) is 33.1 Å². The zero-order chi connectivity index (χ0) is 19.1. The number of carbonyl (C=O) groups excluding carboxylic acids is 1. The van der Waals surface area contributed by atoms with Gasteiger partial charge in [-0.2, -0.15) is 0 Å². The summed E-state index contributed by atoms with van der Waals surface area (Å²) in [5.41, 5.74) is 4.82. The van der Waals surface area contributed by atoms with Crippen LogP contribution in [-0.2, 0) is 13.6 Å². The molecule has 2 heterocycles. The molecule has 136 valence electrons. The average molecular weight is 359 g/mol. The van der Waals surface area contributed by atoms with E-state index in [9.17, 15) is 9.59 Å². The Hall–Kier alpha value is -3.34. The fourth-order valence-corrected chi connectivity index (χ4v) is 3.56. The van der Waals surface area contributed by atoms with E-state index in [0.29, 0.717) is 11.1 Å². The van der Waals surface area contributed by atoms with Crippen LogP contribution in [-0.4, -0.2) is 15.5 Å². The minimum atomic E-state index is -0.178. The Bertz CT molecular complexity index is 1250. The number of nitrogens with zero attached hydrogens (tertiary/aromatic N) is 1. The van der Waals surface area contributed by atoms with Crippen molar-refractivity contribution in [3.05, 3.63) is 81.3 Å². The molecule has 4 rings (SSSR count). The predicted octanol–water partition coefficient (Wildman–Crippen LogP) is 3.57. The van der Waals surface area contributed by atoms with Crippen molar-refractivity contribution < 1.29 is 4.79 Å². The van der Waals surface area contributed by atoms with Gasteiger partial charge in [-0.25, -0.2) is 0 Å². The standard InChI is InChI=1S/C22H21N3O2/c1-13-8-9-15-11-16(21(26)24-18(15)10-13)12-23-22(27)20-14(2)25(3)19-7-5-4-6-17(19)20/h4-11H,12H2,1-3H3,(H,23,27)(H,24,26). The van der Waals surface area contributed by atoms with Crippen LogP contribution >= 0.6 is 0 Å². The minimum absolute atomic E-state index is 0.173. The van der Waals surface area contributed by atoms with Gasteiger partial charge in [0.15, 0.2) is 0 Å². The van der Waals surface area contributed by atoms with Crippen LogP contribution in [0.4, 0.5) is 0 Å². The largest absolute Gasteiger partial charge is 0.348 e. The van der Waals surface area contributed by atoms with Crippen molar-refractivity contribution in [3.8, 4) is 0 Å². The molecule has 0 spiro atoms. The molecule has 0 aliphatic rings. The third kappa shape index (κ3) is 2.91. The summed E-state index contributed by atoms with van der Waals surface area (Å²) in [6.07, 6.45) is 0. The molecule has 2 aromatic heterocycles. The van der Waals surface area contributed by atoms with Gasteiger partial charge < -0.3 is 14.9 Å². The van der Waals surface area contributed by atoms with Gasteiger partial charge in [0.25, 0.3) is 11.5 Å². The predicted molar refractivity (Wildman–Crippen MR) is 108 cm³/mol. The molecule has 0 saturated carbocycles. The van der Waals surface area contributed by atoms with E-state index in [4.69, 9.17) is 0 Å². The van der Waals surface area contributed by atoms with Crippen molar-refractivity contribution in [2.75, 3.05) is 0 Å². The first-order chi connectivity index (χ1) is 13.0. The zero-order valence-electron chi connectivity index (χ0n) is 15.6. The maximum absolute atomic E-state index is 12.8. The van der Waals surface area contributed by atoms with Crippen LogP contribution in [0.15, 0.2) is 53.3 Å². The summed E-state index contributed by atoms with van der Waals surface area (Å²) in [5, 5.41) is 4.77. The molecular formula is C22H21N3O2. The molecule has 5 nitrogen and oxygen atoms in total.